The monoisotopic (exact) mass is 433 g/mol. The van der Waals surface area contributed by atoms with Gasteiger partial charge in [-0.1, -0.05) is 29.4 Å². The molecule has 0 aliphatic heterocycles. The van der Waals surface area contributed by atoms with Gasteiger partial charge in [-0.3, -0.25) is 9.59 Å². The van der Waals surface area contributed by atoms with Crippen LogP contribution in [0.15, 0.2) is 78.1 Å². The first-order valence-electron chi connectivity index (χ1n) is 9.68. The van der Waals surface area contributed by atoms with Gasteiger partial charge in [0.25, 0.3) is 11.8 Å². The Morgan fingerprint density at radius 1 is 1.03 bits per heavy atom. The van der Waals surface area contributed by atoms with E-state index < -0.39 is 5.91 Å². The topological polar surface area (TPSA) is 119 Å². The number of hydrogen-bond donors (Lipinski definition) is 2. The number of rotatable bonds is 8. The Labute approximate surface area is 185 Å². The minimum absolute atomic E-state index is 0.0649. The highest BCUT2D eigenvalue weighted by atomic mass is 16.6. The summed E-state index contributed by atoms with van der Waals surface area (Å²) in [5.74, 6) is 0.530. The molecular weight excluding hydrogens is 410 g/mol. The van der Waals surface area contributed by atoms with Crippen LogP contribution in [-0.4, -0.2) is 48.2 Å². The van der Waals surface area contributed by atoms with Crippen LogP contribution in [0.1, 0.15) is 15.9 Å². The maximum absolute atomic E-state index is 12.1. The summed E-state index contributed by atoms with van der Waals surface area (Å²) < 4.78 is 5.62. The van der Waals surface area contributed by atoms with Gasteiger partial charge in [0.1, 0.15) is 5.75 Å². The fourth-order valence-electron chi connectivity index (χ4n) is 2.60. The summed E-state index contributed by atoms with van der Waals surface area (Å²) in [5.41, 5.74) is 7.34. The van der Waals surface area contributed by atoms with E-state index >= 15 is 0 Å². The third-order valence-electron chi connectivity index (χ3n) is 4.16. The molecule has 1 heterocycles. The van der Waals surface area contributed by atoms with E-state index in [2.05, 4.69) is 15.5 Å². The molecule has 2 amide bonds. The van der Waals surface area contributed by atoms with Gasteiger partial charge in [0.2, 0.25) is 5.88 Å². The van der Waals surface area contributed by atoms with Crippen LogP contribution in [0.4, 0.5) is 5.69 Å². The summed E-state index contributed by atoms with van der Waals surface area (Å²) >= 11 is 0. The highest BCUT2D eigenvalue weighted by Gasteiger charge is 2.10. The van der Waals surface area contributed by atoms with Crippen LogP contribution in [0.25, 0.3) is 0 Å². The molecule has 0 aliphatic carbocycles. The number of benzene rings is 2. The molecule has 32 heavy (non-hydrogen) atoms. The molecule has 3 N–H and O–H groups in total. The molecule has 0 radical (unpaired) electrons. The molecule has 3 aromatic rings. The maximum Gasteiger partial charge on any atom is 0.265 e. The van der Waals surface area contributed by atoms with Crippen molar-refractivity contribution in [3.63, 3.8) is 0 Å². The van der Waals surface area contributed by atoms with Gasteiger partial charge in [-0.2, -0.15) is 0 Å². The molecular formula is C23H23N5O4. The van der Waals surface area contributed by atoms with Gasteiger partial charge in [-0.15, -0.1) is 0 Å². The Morgan fingerprint density at radius 2 is 1.81 bits per heavy atom. The second-order valence-electron chi connectivity index (χ2n) is 6.88. The van der Waals surface area contributed by atoms with Crippen molar-refractivity contribution >= 4 is 23.3 Å². The summed E-state index contributed by atoms with van der Waals surface area (Å²) in [4.78, 5) is 34.8. The van der Waals surface area contributed by atoms with Crippen molar-refractivity contribution in [1.82, 2.24) is 9.88 Å². The molecule has 0 unspecified atom stereocenters. The Hall–Kier alpha value is -4.40. The summed E-state index contributed by atoms with van der Waals surface area (Å²) in [6.07, 6.45) is 1.49. The number of para-hydroxylation sites is 1. The number of nitrogens with two attached hydrogens (primary N) is 1. The van der Waals surface area contributed by atoms with Crippen molar-refractivity contribution in [2.24, 2.45) is 10.9 Å². The Bertz CT molecular complexity index is 1100. The number of pyridine rings is 1. The summed E-state index contributed by atoms with van der Waals surface area (Å²) in [5, 5.41) is 6.40. The van der Waals surface area contributed by atoms with Crippen molar-refractivity contribution in [3.05, 3.63) is 84.1 Å². The quantitative estimate of drug-likeness (QED) is 0.320. The van der Waals surface area contributed by atoms with Gasteiger partial charge in [0, 0.05) is 43.2 Å². The van der Waals surface area contributed by atoms with E-state index in [9.17, 15) is 9.59 Å². The lowest BCUT2D eigenvalue weighted by Crippen LogP contribution is -2.22. The van der Waals surface area contributed by atoms with E-state index in [0.717, 1.165) is 0 Å². The normalized spacial score (nSPS) is 10.9. The maximum atomic E-state index is 12.1. The van der Waals surface area contributed by atoms with E-state index in [0.29, 0.717) is 28.4 Å². The number of carbonyl (C=O) groups is 2. The fraction of sp³-hybridized carbons (Fsp3) is 0.130. The highest BCUT2D eigenvalue weighted by molar-refractivity contribution is 5.98. The van der Waals surface area contributed by atoms with Crippen molar-refractivity contribution in [2.45, 2.75) is 0 Å². The average molecular weight is 433 g/mol. The predicted molar refractivity (Wildman–Crippen MR) is 121 cm³/mol. The number of nitrogens with one attached hydrogen (secondary N) is 1. The van der Waals surface area contributed by atoms with Crippen molar-refractivity contribution < 1.29 is 19.2 Å². The van der Waals surface area contributed by atoms with Crippen LogP contribution >= 0.6 is 0 Å². The third kappa shape index (κ3) is 6.30. The average Bonchev–Trinajstić information content (AvgIpc) is 2.79. The predicted octanol–water partition coefficient (Wildman–Crippen LogP) is 2.85. The number of nitrogens with zero attached hydrogens (tertiary/aromatic N) is 3. The molecule has 0 saturated heterocycles. The zero-order valence-corrected chi connectivity index (χ0v) is 17.7. The smallest absolute Gasteiger partial charge is 0.265 e. The van der Waals surface area contributed by atoms with E-state index in [1.54, 1.807) is 50.5 Å². The Kier molecular flexibility index (Phi) is 7.37. The molecule has 1 aromatic heterocycles. The number of amidine groups is 1. The molecule has 9 nitrogen and oxygen atoms in total. The van der Waals surface area contributed by atoms with E-state index in [1.165, 1.54) is 11.1 Å². The molecule has 9 heteroatoms. The van der Waals surface area contributed by atoms with E-state index in [4.69, 9.17) is 15.3 Å². The summed E-state index contributed by atoms with van der Waals surface area (Å²) in [7, 11) is 3.31. The highest BCUT2D eigenvalue weighted by Crippen LogP contribution is 2.18. The molecule has 0 fully saturated rings. The first-order chi connectivity index (χ1) is 15.4. The van der Waals surface area contributed by atoms with E-state index in [-0.39, 0.29) is 18.3 Å². The van der Waals surface area contributed by atoms with Crippen molar-refractivity contribution in [2.75, 3.05) is 26.0 Å². The number of amides is 2. The number of ether oxygens (including phenoxy) is 1. The molecule has 3 rings (SSSR count). The number of carbonyl (C=O) groups excluding carboxylic acids is 2. The second kappa shape index (κ2) is 10.6. The molecule has 2 aromatic carbocycles. The van der Waals surface area contributed by atoms with Gasteiger partial charge in [-0.25, -0.2) is 4.98 Å². The molecule has 0 atom stereocenters. The molecule has 0 saturated carbocycles. The standard InChI is InChI=1S/C23H23N5O4/c1-28(2)23(30)16-7-6-8-18(13-16)26-20(29)15-31-27-22(24)17-11-12-21(25-14-17)32-19-9-4-3-5-10-19/h3-14H,15H2,1-2H3,(H2,24,27)(H,26,29). The lowest BCUT2D eigenvalue weighted by Gasteiger charge is -2.11. The number of oxime groups is 1. The van der Waals surface area contributed by atoms with Gasteiger partial charge >= 0.3 is 0 Å². The lowest BCUT2D eigenvalue weighted by molar-refractivity contribution is -0.120. The number of hydrogen-bond acceptors (Lipinski definition) is 6. The van der Waals surface area contributed by atoms with E-state index in [1.807, 2.05) is 30.3 Å². The fourth-order valence-corrected chi connectivity index (χ4v) is 2.60. The van der Waals surface area contributed by atoms with Crippen molar-refractivity contribution in [3.8, 4) is 11.6 Å². The molecule has 164 valence electrons. The van der Waals surface area contributed by atoms with Gasteiger partial charge in [0.05, 0.1) is 0 Å². The zero-order valence-electron chi connectivity index (χ0n) is 17.7. The first kappa shape index (κ1) is 22.3. The zero-order chi connectivity index (χ0) is 22.9. The number of anilines is 1. The molecule has 0 spiro atoms. The van der Waals surface area contributed by atoms with Crippen LogP contribution in [-0.2, 0) is 9.63 Å². The minimum atomic E-state index is -0.444. The summed E-state index contributed by atoms with van der Waals surface area (Å²) in [6, 6.07) is 19.2. The largest absolute Gasteiger partial charge is 0.439 e. The van der Waals surface area contributed by atoms with Gasteiger partial charge in [-0.05, 0) is 36.4 Å². The van der Waals surface area contributed by atoms with Crippen LogP contribution in [0, 0.1) is 0 Å². The SMILES string of the molecule is CN(C)C(=O)c1cccc(NC(=O)CO/N=C(/N)c2ccc(Oc3ccccc3)nc2)c1. The minimum Gasteiger partial charge on any atom is -0.439 e. The second-order valence-corrected chi connectivity index (χ2v) is 6.88. The molecule has 0 bridgehead atoms. The first-order valence-corrected chi connectivity index (χ1v) is 9.68. The van der Waals surface area contributed by atoms with Crippen molar-refractivity contribution in [1.29, 1.82) is 0 Å². The Balaban J connectivity index is 1.51. The molecule has 0 aliphatic rings. The van der Waals surface area contributed by atoms with Crippen LogP contribution in [0.2, 0.25) is 0 Å². The van der Waals surface area contributed by atoms with Gasteiger partial charge < -0.3 is 25.5 Å². The third-order valence-corrected chi connectivity index (χ3v) is 4.16. The van der Waals surface area contributed by atoms with Crippen LogP contribution < -0.4 is 15.8 Å². The van der Waals surface area contributed by atoms with Crippen LogP contribution in [0.5, 0.6) is 11.6 Å². The van der Waals surface area contributed by atoms with Gasteiger partial charge in [0.15, 0.2) is 12.4 Å². The summed E-state index contributed by atoms with van der Waals surface area (Å²) in [6.45, 7) is -0.352. The number of aromatic nitrogens is 1. The lowest BCUT2D eigenvalue weighted by atomic mass is 10.2. The van der Waals surface area contributed by atoms with Crippen LogP contribution in [0.3, 0.4) is 0 Å². The Morgan fingerprint density at radius 3 is 2.50 bits per heavy atom.